The maximum absolute atomic E-state index is 12.3. The molecule has 2 rings (SSSR count). The standard InChI is InChI=1S/C9H6ClF3N4/c10-6-3-5(14)1-2-7(6)17-4-8(15-16-17)9(11,12)13/h1-4H,14H2. The summed E-state index contributed by atoms with van der Waals surface area (Å²) < 4.78 is 37.9. The zero-order chi connectivity index (χ0) is 12.6. The first-order valence-corrected chi connectivity index (χ1v) is 4.80. The van der Waals surface area contributed by atoms with E-state index in [9.17, 15) is 13.2 Å². The number of nitrogens with zero attached hydrogens (tertiary/aromatic N) is 3. The molecule has 0 spiro atoms. The molecule has 8 heteroatoms. The van der Waals surface area contributed by atoms with E-state index in [0.717, 1.165) is 10.9 Å². The quantitative estimate of drug-likeness (QED) is 0.804. The number of hydrogen-bond acceptors (Lipinski definition) is 3. The monoisotopic (exact) mass is 262 g/mol. The van der Waals surface area contributed by atoms with Gasteiger partial charge >= 0.3 is 6.18 Å². The summed E-state index contributed by atoms with van der Waals surface area (Å²) in [5.41, 5.74) is 5.09. The second-order valence-electron chi connectivity index (χ2n) is 3.26. The van der Waals surface area contributed by atoms with Crippen molar-refractivity contribution in [2.45, 2.75) is 6.18 Å². The second-order valence-corrected chi connectivity index (χ2v) is 3.66. The average molecular weight is 263 g/mol. The van der Waals surface area contributed by atoms with Crippen LogP contribution in [0.2, 0.25) is 5.02 Å². The Bertz CT molecular complexity index is 549. The Labute approximate surface area is 98.8 Å². The third kappa shape index (κ3) is 2.33. The van der Waals surface area contributed by atoms with Gasteiger partial charge in [-0.1, -0.05) is 16.8 Å². The highest BCUT2D eigenvalue weighted by Gasteiger charge is 2.34. The van der Waals surface area contributed by atoms with Crippen molar-refractivity contribution in [3.63, 3.8) is 0 Å². The summed E-state index contributed by atoms with van der Waals surface area (Å²) in [5.74, 6) is 0. The van der Waals surface area contributed by atoms with Gasteiger partial charge in [0, 0.05) is 5.69 Å². The van der Waals surface area contributed by atoms with Gasteiger partial charge in [0.15, 0.2) is 5.69 Å². The fourth-order valence-corrected chi connectivity index (χ4v) is 1.50. The van der Waals surface area contributed by atoms with E-state index in [1.807, 2.05) is 0 Å². The van der Waals surface area contributed by atoms with E-state index in [4.69, 9.17) is 17.3 Å². The van der Waals surface area contributed by atoms with E-state index in [1.54, 1.807) is 0 Å². The summed E-state index contributed by atoms with van der Waals surface area (Å²) in [6.45, 7) is 0. The van der Waals surface area contributed by atoms with Crippen molar-refractivity contribution in [3.05, 3.63) is 35.1 Å². The first-order valence-electron chi connectivity index (χ1n) is 4.43. The molecule has 0 aliphatic carbocycles. The predicted octanol–water partition coefficient (Wildman–Crippen LogP) is 2.52. The van der Waals surface area contributed by atoms with Crippen LogP contribution in [0.5, 0.6) is 0 Å². The molecule has 0 fully saturated rings. The van der Waals surface area contributed by atoms with Crippen LogP contribution in [-0.2, 0) is 6.18 Å². The van der Waals surface area contributed by atoms with Crippen LogP contribution in [0.3, 0.4) is 0 Å². The Hall–Kier alpha value is -1.76. The zero-order valence-corrected chi connectivity index (χ0v) is 9.00. The number of nitrogen functional groups attached to an aromatic ring is 1. The highest BCUT2D eigenvalue weighted by molar-refractivity contribution is 6.32. The third-order valence-corrected chi connectivity index (χ3v) is 2.31. The first kappa shape index (κ1) is 11.7. The molecule has 2 N–H and O–H groups in total. The number of aromatic nitrogens is 3. The van der Waals surface area contributed by atoms with Gasteiger partial charge in [-0.05, 0) is 18.2 Å². The minimum Gasteiger partial charge on any atom is -0.399 e. The van der Waals surface area contributed by atoms with Crippen molar-refractivity contribution in [2.75, 3.05) is 5.73 Å². The first-order chi connectivity index (χ1) is 7.88. The molecule has 4 nitrogen and oxygen atoms in total. The molecular weight excluding hydrogens is 257 g/mol. The largest absolute Gasteiger partial charge is 0.436 e. The summed E-state index contributed by atoms with van der Waals surface area (Å²) in [6, 6.07) is 4.40. The molecule has 17 heavy (non-hydrogen) atoms. The van der Waals surface area contributed by atoms with Crippen LogP contribution >= 0.6 is 11.6 Å². The second kappa shape index (κ2) is 3.92. The molecule has 1 heterocycles. The minimum atomic E-state index is -4.53. The Morgan fingerprint density at radius 2 is 2.00 bits per heavy atom. The van der Waals surface area contributed by atoms with E-state index in [0.29, 0.717) is 5.69 Å². The topological polar surface area (TPSA) is 56.7 Å². The highest BCUT2D eigenvalue weighted by Crippen LogP contribution is 2.28. The number of halogens is 4. The van der Waals surface area contributed by atoms with Crippen LogP contribution in [0.4, 0.5) is 18.9 Å². The van der Waals surface area contributed by atoms with E-state index >= 15 is 0 Å². The van der Waals surface area contributed by atoms with Crippen LogP contribution in [0, 0.1) is 0 Å². The smallest absolute Gasteiger partial charge is 0.399 e. The maximum atomic E-state index is 12.3. The van der Waals surface area contributed by atoms with Gasteiger partial charge in [0.1, 0.15) is 0 Å². The van der Waals surface area contributed by atoms with Gasteiger partial charge in [-0.15, -0.1) is 5.10 Å². The number of nitrogens with two attached hydrogens (primary N) is 1. The highest BCUT2D eigenvalue weighted by atomic mass is 35.5. The van der Waals surface area contributed by atoms with E-state index < -0.39 is 11.9 Å². The van der Waals surface area contributed by atoms with E-state index in [1.165, 1.54) is 18.2 Å². The van der Waals surface area contributed by atoms with Crippen molar-refractivity contribution in [3.8, 4) is 5.69 Å². The van der Waals surface area contributed by atoms with Gasteiger partial charge in [-0.25, -0.2) is 4.68 Å². The van der Waals surface area contributed by atoms with Gasteiger partial charge in [-0.2, -0.15) is 13.2 Å². The van der Waals surface area contributed by atoms with Gasteiger partial charge in [0.05, 0.1) is 16.9 Å². The van der Waals surface area contributed by atoms with Crippen LogP contribution in [0.1, 0.15) is 5.69 Å². The van der Waals surface area contributed by atoms with Gasteiger partial charge in [-0.3, -0.25) is 0 Å². The Balaban J connectivity index is 2.44. The molecular formula is C9H6ClF3N4. The fraction of sp³-hybridized carbons (Fsp3) is 0.111. The summed E-state index contributed by atoms with van der Waals surface area (Å²) in [7, 11) is 0. The van der Waals surface area contributed by atoms with E-state index in [2.05, 4.69) is 10.3 Å². The van der Waals surface area contributed by atoms with Crippen LogP contribution in [0.25, 0.3) is 5.69 Å². The molecule has 0 radical (unpaired) electrons. The molecule has 1 aromatic carbocycles. The molecule has 1 aromatic heterocycles. The number of benzene rings is 1. The molecule has 0 amide bonds. The van der Waals surface area contributed by atoms with Crippen LogP contribution in [0.15, 0.2) is 24.4 Å². The van der Waals surface area contributed by atoms with Crippen molar-refractivity contribution < 1.29 is 13.2 Å². The number of rotatable bonds is 1. The lowest BCUT2D eigenvalue weighted by molar-refractivity contribution is -0.141. The lowest BCUT2D eigenvalue weighted by atomic mass is 10.3. The molecule has 0 unspecified atom stereocenters. The summed E-state index contributed by atoms with van der Waals surface area (Å²) >= 11 is 5.84. The Morgan fingerprint density at radius 3 is 2.53 bits per heavy atom. The maximum Gasteiger partial charge on any atom is 0.436 e. The molecule has 90 valence electrons. The lowest BCUT2D eigenvalue weighted by Gasteiger charge is -2.03. The third-order valence-electron chi connectivity index (χ3n) is 2.00. The molecule has 0 atom stereocenters. The lowest BCUT2D eigenvalue weighted by Crippen LogP contribution is -2.05. The zero-order valence-electron chi connectivity index (χ0n) is 8.24. The average Bonchev–Trinajstić information content (AvgIpc) is 2.65. The van der Waals surface area contributed by atoms with Crippen molar-refractivity contribution in [1.29, 1.82) is 0 Å². The summed E-state index contributed by atoms with van der Waals surface area (Å²) in [5, 5.41) is 6.59. The molecule has 0 aliphatic rings. The van der Waals surface area contributed by atoms with Gasteiger partial charge in [0.2, 0.25) is 0 Å². The molecule has 0 saturated heterocycles. The summed E-state index contributed by atoms with van der Waals surface area (Å²) in [4.78, 5) is 0. The normalized spacial score (nSPS) is 11.8. The van der Waals surface area contributed by atoms with E-state index in [-0.39, 0.29) is 10.7 Å². The Morgan fingerprint density at radius 1 is 1.29 bits per heavy atom. The Kier molecular flexibility index (Phi) is 2.70. The van der Waals surface area contributed by atoms with Crippen LogP contribution in [-0.4, -0.2) is 15.0 Å². The van der Waals surface area contributed by atoms with Gasteiger partial charge in [0.25, 0.3) is 0 Å². The predicted molar refractivity (Wildman–Crippen MR) is 55.8 cm³/mol. The molecule has 0 bridgehead atoms. The molecule has 2 aromatic rings. The van der Waals surface area contributed by atoms with Crippen LogP contribution < -0.4 is 5.73 Å². The van der Waals surface area contributed by atoms with Crippen molar-refractivity contribution in [1.82, 2.24) is 15.0 Å². The van der Waals surface area contributed by atoms with Crippen molar-refractivity contribution in [2.24, 2.45) is 0 Å². The number of hydrogen-bond donors (Lipinski definition) is 1. The SMILES string of the molecule is Nc1ccc(-n2cc(C(F)(F)F)nn2)c(Cl)c1. The number of alkyl halides is 3. The number of anilines is 1. The molecule has 0 aliphatic heterocycles. The fourth-order valence-electron chi connectivity index (χ4n) is 1.22. The minimum absolute atomic E-state index is 0.198. The van der Waals surface area contributed by atoms with Gasteiger partial charge < -0.3 is 5.73 Å². The van der Waals surface area contributed by atoms with Crippen molar-refractivity contribution >= 4 is 17.3 Å². The molecule has 0 saturated carbocycles. The summed E-state index contributed by atoms with van der Waals surface area (Å²) in [6.07, 6.45) is -3.77.